The molecule has 0 spiro atoms. The number of amides is 2. The summed E-state index contributed by atoms with van der Waals surface area (Å²) in [5.74, 6) is 0.699. The standard InChI is InChI=1S/C25H26FN3O5/c1-28-23(31)11-15-7-8-19(26)18(24(15)28)6-4-2-3-5-17-13-29(25(32)34-17)22-10-9-21-20(27-22)12-16(30)14-33-21/h7-10,17H,2-6,11-14H2,1H3. The van der Waals surface area contributed by atoms with Gasteiger partial charge in [-0.15, -0.1) is 0 Å². The van der Waals surface area contributed by atoms with Crippen molar-refractivity contribution in [3.63, 3.8) is 0 Å². The largest absolute Gasteiger partial charge is 0.484 e. The third kappa shape index (κ3) is 4.22. The molecule has 1 fully saturated rings. The van der Waals surface area contributed by atoms with E-state index in [1.165, 1.54) is 11.0 Å². The van der Waals surface area contributed by atoms with Gasteiger partial charge in [-0.3, -0.25) is 14.5 Å². The van der Waals surface area contributed by atoms with Gasteiger partial charge in [-0.05, 0) is 49.4 Å². The van der Waals surface area contributed by atoms with Gasteiger partial charge in [-0.1, -0.05) is 12.5 Å². The number of rotatable bonds is 7. The number of halogens is 1. The monoisotopic (exact) mass is 467 g/mol. The van der Waals surface area contributed by atoms with E-state index < -0.39 is 6.09 Å². The summed E-state index contributed by atoms with van der Waals surface area (Å²) in [4.78, 5) is 43.5. The first-order valence-electron chi connectivity index (χ1n) is 11.6. The molecule has 0 bridgehead atoms. The van der Waals surface area contributed by atoms with Crippen molar-refractivity contribution in [2.75, 3.05) is 30.0 Å². The van der Waals surface area contributed by atoms with Crippen molar-refractivity contribution in [3.05, 3.63) is 46.9 Å². The summed E-state index contributed by atoms with van der Waals surface area (Å²) in [5.41, 5.74) is 2.74. The maximum atomic E-state index is 14.4. The van der Waals surface area contributed by atoms with E-state index in [9.17, 15) is 18.8 Å². The molecule has 5 rings (SSSR count). The van der Waals surface area contributed by atoms with E-state index >= 15 is 0 Å². The highest BCUT2D eigenvalue weighted by Crippen LogP contribution is 2.34. The lowest BCUT2D eigenvalue weighted by molar-refractivity contribution is -0.121. The highest BCUT2D eigenvalue weighted by molar-refractivity contribution is 6.01. The second kappa shape index (κ2) is 9.04. The molecule has 9 heteroatoms. The van der Waals surface area contributed by atoms with Crippen LogP contribution in [0.3, 0.4) is 0 Å². The zero-order valence-electron chi connectivity index (χ0n) is 19.0. The lowest BCUT2D eigenvalue weighted by Crippen LogP contribution is -2.27. The average molecular weight is 467 g/mol. The third-order valence-corrected chi connectivity index (χ3v) is 6.63. The number of carbonyl (C=O) groups is 3. The number of likely N-dealkylation sites (N-methyl/N-ethyl adjacent to an activating group) is 1. The van der Waals surface area contributed by atoms with Crippen molar-refractivity contribution in [1.82, 2.24) is 4.98 Å². The molecule has 1 aromatic carbocycles. The van der Waals surface area contributed by atoms with Crippen LogP contribution in [0.4, 0.5) is 20.7 Å². The van der Waals surface area contributed by atoms with Gasteiger partial charge in [0, 0.05) is 12.6 Å². The quantitative estimate of drug-likeness (QED) is 0.580. The Morgan fingerprint density at radius 1 is 1.09 bits per heavy atom. The number of Topliss-reactive ketones (excluding diaryl/α,β-unsaturated/α-hetero) is 1. The predicted molar refractivity (Wildman–Crippen MR) is 122 cm³/mol. The van der Waals surface area contributed by atoms with Crippen LogP contribution in [0.25, 0.3) is 0 Å². The molecule has 0 aliphatic carbocycles. The maximum absolute atomic E-state index is 14.4. The molecule has 4 heterocycles. The Balaban J connectivity index is 1.12. The number of anilines is 2. The van der Waals surface area contributed by atoms with Crippen LogP contribution in [-0.4, -0.2) is 49.1 Å². The summed E-state index contributed by atoms with van der Waals surface area (Å²) in [5, 5.41) is 0. The molecule has 34 heavy (non-hydrogen) atoms. The highest BCUT2D eigenvalue weighted by Gasteiger charge is 2.34. The first-order valence-corrected chi connectivity index (χ1v) is 11.6. The van der Waals surface area contributed by atoms with Gasteiger partial charge in [-0.25, -0.2) is 14.2 Å². The Bertz CT molecular complexity index is 1170. The van der Waals surface area contributed by atoms with E-state index in [4.69, 9.17) is 9.47 Å². The molecule has 178 valence electrons. The van der Waals surface area contributed by atoms with Crippen LogP contribution in [0.1, 0.15) is 42.5 Å². The molecule has 1 saturated heterocycles. The van der Waals surface area contributed by atoms with Gasteiger partial charge in [0.25, 0.3) is 0 Å². The van der Waals surface area contributed by atoms with Gasteiger partial charge < -0.3 is 14.4 Å². The number of aromatic nitrogens is 1. The lowest BCUT2D eigenvalue weighted by Gasteiger charge is -2.18. The predicted octanol–water partition coefficient (Wildman–Crippen LogP) is 3.37. The van der Waals surface area contributed by atoms with Crippen molar-refractivity contribution in [2.24, 2.45) is 0 Å². The number of cyclic esters (lactones) is 1. The number of pyridine rings is 1. The summed E-state index contributed by atoms with van der Waals surface area (Å²) >= 11 is 0. The fraction of sp³-hybridized carbons (Fsp3) is 0.440. The van der Waals surface area contributed by atoms with Crippen LogP contribution in [0, 0.1) is 5.82 Å². The molecule has 2 amide bonds. The first kappa shape index (κ1) is 22.3. The van der Waals surface area contributed by atoms with Crippen molar-refractivity contribution >= 4 is 29.3 Å². The second-order valence-electron chi connectivity index (χ2n) is 9.00. The Morgan fingerprint density at radius 2 is 1.94 bits per heavy atom. The number of carbonyl (C=O) groups excluding carboxylic acids is 3. The summed E-state index contributed by atoms with van der Waals surface area (Å²) in [6, 6.07) is 6.57. The van der Waals surface area contributed by atoms with Gasteiger partial charge in [-0.2, -0.15) is 0 Å². The smallest absolute Gasteiger partial charge is 0.415 e. The molecule has 2 aromatic rings. The molecule has 1 unspecified atom stereocenters. The molecule has 0 radical (unpaired) electrons. The van der Waals surface area contributed by atoms with Gasteiger partial charge in [0.2, 0.25) is 5.91 Å². The minimum absolute atomic E-state index is 0.0120. The van der Waals surface area contributed by atoms with Crippen molar-refractivity contribution in [3.8, 4) is 5.75 Å². The van der Waals surface area contributed by atoms with Crippen LogP contribution in [0.2, 0.25) is 0 Å². The molecule has 8 nitrogen and oxygen atoms in total. The molecule has 1 atom stereocenters. The van der Waals surface area contributed by atoms with Crippen molar-refractivity contribution < 1.29 is 28.2 Å². The van der Waals surface area contributed by atoms with Crippen molar-refractivity contribution in [1.29, 1.82) is 0 Å². The van der Waals surface area contributed by atoms with E-state index in [0.29, 0.717) is 48.6 Å². The van der Waals surface area contributed by atoms with Gasteiger partial charge >= 0.3 is 6.09 Å². The average Bonchev–Trinajstić information content (AvgIpc) is 3.33. The third-order valence-electron chi connectivity index (χ3n) is 6.63. The molecule has 0 N–H and O–H groups in total. The lowest BCUT2D eigenvalue weighted by atomic mass is 10.00. The number of benzene rings is 1. The first-order chi connectivity index (χ1) is 16.4. The van der Waals surface area contributed by atoms with Gasteiger partial charge in [0.15, 0.2) is 5.78 Å². The minimum Gasteiger partial charge on any atom is -0.484 e. The number of unbranched alkanes of at least 4 members (excludes halogenated alkanes) is 2. The van der Waals surface area contributed by atoms with Gasteiger partial charge in [0.1, 0.15) is 30.1 Å². The number of hydrogen-bond donors (Lipinski definition) is 0. The molecular weight excluding hydrogens is 441 g/mol. The number of ketones is 1. The van der Waals surface area contributed by atoms with E-state index in [-0.39, 0.29) is 36.6 Å². The Morgan fingerprint density at radius 3 is 2.79 bits per heavy atom. The van der Waals surface area contributed by atoms with Crippen LogP contribution in [0.5, 0.6) is 5.75 Å². The maximum Gasteiger partial charge on any atom is 0.415 e. The molecule has 0 saturated carbocycles. The SMILES string of the molecule is CN1C(=O)Cc2ccc(F)c(CCCCCC3CN(c4ccc5c(n4)CC(=O)CO5)C(=O)O3)c21. The Kier molecular flexibility index (Phi) is 5.93. The molecule has 1 aromatic heterocycles. The zero-order valence-corrected chi connectivity index (χ0v) is 19.0. The topological polar surface area (TPSA) is 89.0 Å². The van der Waals surface area contributed by atoms with Crippen LogP contribution in [0.15, 0.2) is 24.3 Å². The second-order valence-corrected chi connectivity index (χ2v) is 9.00. The number of ether oxygens (including phenoxy) is 2. The highest BCUT2D eigenvalue weighted by atomic mass is 19.1. The molecular formula is C25H26FN3O5. The zero-order chi connectivity index (χ0) is 23.8. The fourth-order valence-corrected chi connectivity index (χ4v) is 4.86. The van der Waals surface area contributed by atoms with E-state index in [1.807, 2.05) is 0 Å². The molecule has 3 aliphatic rings. The number of hydrogen-bond acceptors (Lipinski definition) is 6. The van der Waals surface area contributed by atoms with E-state index in [1.54, 1.807) is 30.1 Å². The number of nitrogens with zero attached hydrogens (tertiary/aromatic N) is 3. The summed E-state index contributed by atoms with van der Waals surface area (Å²) in [6.45, 7) is 0.448. The van der Waals surface area contributed by atoms with Gasteiger partial charge in [0.05, 0.1) is 30.8 Å². The molecule has 3 aliphatic heterocycles. The van der Waals surface area contributed by atoms with Crippen LogP contribution in [-0.2, 0) is 33.6 Å². The van der Waals surface area contributed by atoms with Crippen molar-refractivity contribution in [2.45, 2.75) is 51.0 Å². The Labute approximate surface area is 196 Å². The minimum atomic E-state index is -0.449. The van der Waals surface area contributed by atoms with Crippen LogP contribution >= 0.6 is 0 Å². The number of fused-ring (bicyclic) bond motifs is 2. The van der Waals surface area contributed by atoms with E-state index in [2.05, 4.69) is 4.98 Å². The summed E-state index contributed by atoms with van der Waals surface area (Å²) < 4.78 is 25.3. The normalized spacial score (nSPS) is 19.2. The van der Waals surface area contributed by atoms with Crippen LogP contribution < -0.4 is 14.5 Å². The summed E-state index contributed by atoms with van der Waals surface area (Å²) in [6.07, 6.45) is 3.55. The summed E-state index contributed by atoms with van der Waals surface area (Å²) in [7, 11) is 1.69. The Hall–Kier alpha value is -3.49. The fourth-order valence-electron chi connectivity index (χ4n) is 4.86. The van der Waals surface area contributed by atoms with E-state index in [0.717, 1.165) is 30.5 Å².